The van der Waals surface area contributed by atoms with Gasteiger partial charge in [-0.3, -0.25) is 4.90 Å². The van der Waals surface area contributed by atoms with Crippen LogP contribution in [-0.4, -0.2) is 33.3 Å². The highest BCUT2D eigenvalue weighted by Crippen LogP contribution is 2.16. The molecule has 0 unspecified atom stereocenters. The van der Waals surface area contributed by atoms with Crippen molar-refractivity contribution < 1.29 is 0 Å². The molecule has 4 heteroatoms. The molecule has 7 heavy (non-hydrogen) atoms. The minimum atomic E-state index is -0.583. The van der Waals surface area contributed by atoms with E-state index in [1.807, 2.05) is 14.1 Å². The lowest BCUT2D eigenvalue weighted by atomic mass is 11.0. The van der Waals surface area contributed by atoms with Gasteiger partial charge in [-0.05, 0) is 14.1 Å². The summed E-state index contributed by atoms with van der Waals surface area (Å²) in [6, 6.07) is 0. The number of halogens is 2. The smallest absolute Gasteiger partial charge is 0.145 e. The molecule has 44 valence electrons. The fourth-order valence-corrected chi connectivity index (χ4v) is 0. The van der Waals surface area contributed by atoms with Crippen molar-refractivity contribution in [2.45, 2.75) is 4.08 Å². The molecule has 0 N–H and O–H groups in total. The summed E-state index contributed by atoms with van der Waals surface area (Å²) in [4.78, 5) is 1.78. The summed E-state index contributed by atoms with van der Waals surface area (Å²) in [7, 11) is 4.48. The molecule has 0 spiro atoms. The summed E-state index contributed by atoms with van der Waals surface area (Å²) in [6.07, 6.45) is 0. The second kappa shape index (κ2) is 2.35. The number of rotatable bonds is 1. The van der Waals surface area contributed by atoms with Gasteiger partial charge in [-0.15, -0.1) is 0 Å². The molecule has 0 saturated heterocycles. The van der Waals surface area contributed by atoms with Crippen molar-refractivity contribution in [2.24, 2.45) is 0 Å². The SMILES string of the molecule is CN(C)C([SiH3])(Cl)Cl. The van der Waals surface area contributed by atoms with Crippen LogP contribution in [0.25, 0.3) is 0 Å². The van der Waals surface area contributed by atoms with Gasteiger partial charge in [0.2, 0.25) is 0 Å². The maximum atomic E-state index is 5.62. The van der Waals surface area contributed by atoms with E-state index in [1.54, 1.807) is 4.90 Å². The van der Waals surface area contributed by atoms with E-state index in [1.165, 1.54) is 0 Å². The van der Waals surface area contributed by atoms with E-state index < -0.39 is 4.08 Å². The van der Waals surface area contributed by atoms with Gasteiger partial charge in [0.15, 0.2) is 0 Å². The zero-order valence-corrected chi connectivity index (χ0v) is 8.22. The Morgan fingerprint density at radius 1 is 1.43 bits per heavy atom. The lowest BCUT2D eigenvalue weighted by Gasteiger charge is -2.21. The van der Waals surface area contributed by atoms with Crippen LogP contribution in [0.5, 0.6) is 0 Å². The summed E-state index contributed by atoms with van der Waals surface area (Å²) in [5, 5.41) is 0. The molecule has 0 rings (SSSR count). The Bertz CT molecular complexity index is 58.4. The first-order chi connectivity index (χ1) is 2.94. The molecule has 0 amide bonds. The van der Waals surface area contributed by atoms with Crippen molar-refractivity contribution in [1.29, 1.82) is 0 Å². The molecule has 0 aliphatic rings. The van der Waals surface area contributed by atoms with Crippen molar-refractivity contribution >= 4 is 33.4 Å². The van der Waals surface area contributed by atoms with Crippen LogP contribution in [0.4, 0.5) is 0 Å². The minimum Gasteiger partial charge on any atom is -0.283 e. The van der Waals surface area contributed by atoms with Crippen LogP contribution in [0.1, 0.15) is 0 Å². The van der Waals surface area contributed by atoms with Crippen LogP contribution in [0.3, 0.4) is 0 Å². The first-order valence-electron chi connectivity index (χ1n) is 2.00. The van der Waals surface area contributed by atoms with Gasteiger partial charge >= 0.3 is 0 Å². The predicted octanol–water partition coefficient (Wildman–Crippen LogP) is 0.00230. The average Bonchev–Trinajstić information content (AvgIpc) is 1.31. The standard InChI is InChI=1S/C3H9Cl2NSi/c1-6(2)3(4,5)7/h1-2,7H3. The second-order valence-electron chi connectivity index (χ2n) is 1.74. The highest BCUT2D eigenvalue weighted by molar-refractivity contribution is 6.64. The third-order valence-corrected chi connectivity index (χ3v) is 2.36. The van der Waals surface area contributed by atoms with Crippen molar-refractivity contribution in [3.8, 4) is 0 Å². The number of hydrogen-bond acceptors (Lipinski definition) is 1. The van der Waals surface area contributed by atoms with Gasteiger partial charge in [0.05, 0.1) is 10.2 Å². The molecule has 1 nitrogen and oxygen atoms in total. The van der Waals surface area contributed by atoms with Gasteiger partial charge in [-0.1, -0.05) is 23.2 Å². The molecule has 0 aromatic carbocycles. The van der Waals surface area contributed by atoms with E-state index in [-0.39, 0.29) is 0 Å². The summed E-state index contributed by atoms with van der Waals surface area (Å²) < 4.78 is -0.583. The van der Waals surface area contributed by atoms with Crippen LogP contribution >= 0.6 is 23.2 Å². The minimum absolute atomic E-state index is 0.583. The van der Waals surface area contributed by atoms with E-state index in [0.717, 1.165) is 10.2 Å². The highest BCUT2D eigenvalue weighted by atomic mass is 35.5. The number of hydrogen-bond donors (Lipinski definition) is 0. The highest BCUT2D eigenvalue weighted by Gasteiger charge is 2.17. The molecule has 0 fully saturated rings. The van der Waals surface area contributed by atoms with E-state index in [4.69, 9.17) is 23.2 Å². The fourth-order valence-electron chi connectivity index (χ4n) is 0. The quantitative estimate of drug-likeness (QED) is 0.295. The summed E-state index contributed by atoms with van der Waals surface area (Å²) in [6.45, 7) is 0. The Labute approximate surface area is 57.0 Å². The fraction of sp³-hybridized carbons (Fsp3) is 1.00. The van der Waals surface area contributed by atoms with Crippen LogP contribution in [0, 0.1) is 0 Å². The summed E-state index contributed by atoms with van der Waals surface area (Å²) in [5.74, 6) is 0. The molecule has 0 heterocycles. The molecule has 0 atom stereocenters. The molecular weight excluding hydrogens is 149 g/mol. The van der Waals surface area contributed by atoms with E-state index in [9.17, 15) is 0 Å². The molecule has 0 aliphatic carbocycles. The van der Waals surface area contributed by atoms with Crippen LogP contribution in [0.15, 0.2) is 0 Å². The monoisotopic (exact) mass is 157 g/mol. The van der Waals surface area contributed by atoms with E-state index >= 15 is 0 Å². The van der Waals surface area contributed by atoms with Crippen molar-refractivity contribution in [3.63, 3.8) is 0 Å². The Balaban J connectivity index is 3.54. The Kier molecular flexibility index (Phi) is 2.61. The Morgan fingerprint density at radius 3 is 1.57 bits per heavy atom. The van der Waals surface area contributed by atoms with Crippen molar-refractivity contribution in [2.75, 3.05) is 14.1 Å². The van der Waals surface area contributed by atoms with E-state index in [0.29, 0.717) is 0 Å². The molecule has 0 bridgehead atoms. The van der Waals surface area contributed by atoms with Gasteiger partial charge < -0.3 is 0 Å². The topological polar surface area (TPSA) is 3.24 Å². The third kappa shape index (κ3) is 3.35. The molecular formula is C3H9Cl2NSi. The predicted molar refractivity (Wildman–Crippen MR) is 38.1 cm³/mol. The summed E-state index contributed by atoms with van der Waals surface area (Å²) >= 11 is 11.2. The zero-order chi connectivity index (χ0) is 6.08. The van der Waals surface area contributed by atoms with Crippen molar-refractivity contribution in [1.82, 2.24) is 4.90 Å². The van der Waals surface area contributed by atoms with Gasteiger partial charge in [-0.2, -0.15) is 0 Å². The van der Waals surface area contributed by atoms with Gasteiger partial charge in [0, 0.05) is 0 Å². The van der Waals surface area contributed by atoms with Crippen LogP contribution < -0.4 is 0 Å². The average molecular weight is 158 g/mol. The Hall–Kier alpha value is 0.757. The molecule has 0 saturated carbocycles. The van der Waals surface area contributed by atoms with Crippen LogP contribution in [-0.2, 0) is 0 Å². The zero-order valence-electron chi connectivity index (χ0n) is 4.70. The molecule has 0 aromatic rings. The third-order valence-electron chi connectivity index (χ3n) is 0.785. The van der Waals surface area contributed by atoms with Crippen LogP contribution in [0.2, 0.25) is 0 Å². The largest absolute Gasteiger partial charge is 0.283 e. The maximum absolute atomic E-state index is 5.62. The molecule has 0 aliphatic heterocycles. The lowest BCUT2D eigenvalue weighted by molar-refractivity contribution is 0.416. The maximum Gasteiger partial charge on any atom is 0.145 e. The molecule has 0 radical (unpaired) electrons. The normalized spacial score (nSPS) is 13.3. The number of alkyl halides is 2. The van der Waals surface area contributed by atoms with Gasteiger partial charge in [0.1, 0.15) is 4.08 Å². The first kappa shape index (κ1) is 7.76. The molecule has 0 aromatic heterocycles. The van der Waals surface area contributed by atoms with E-state index in [2.05, 4.69) is 0 Å². The lowest BCUT2D eigenvalue weighted by Crippen LogP contribution is -2.32. The van der Waals surface area contributed by atoms with Gasteiger partial charge in [-0.25, -0.2) is 0 Å². The first-order valence-corrected chi connectivity index (χ1v) is 3.75. The summed E-state index contributed by atoms with van der Waals surface area (Å²) in [5.41, 5.74) is 0. The Morgan fingerprint density at radius 2 is 1.57 bits per heavy atom. The number of nitrogens with zero attached hydrogens (tertiary/aromatic N) is 1. The van der Waals surface area contributed by atoms with Gasteiger partial charge in [0.25, 0.3) is 0 Å². The van der Waals surface area contributed by atoms with Crippen molar-refractivity contribution in [3.05, 3.63) is 0 Å². The second-order valence-corrected chi connectivity index (χ2v) is 6.12.